The lowest BCUT2D eigenvalue weighted by molar-refractivity contribution is -0.164. The third kappa shape index (κ3) is 6.94. The highest BCUT2D eigenvalue weighted by atomic mass is 16.6. The molecule has 0 aliphatic carbocycles. The van der Waals surface area contributed by atoms with Gasteiger partial charge in [0.05, 0.1) is 0 Å². The summed E-state index contributed by atoms with van der Waals surface area (Å²) in [4.78, 5) is 57.3. The first kappa shape index (κ1) is 20.0. The van der Waals surface area contributed by atoms with Crippen molar-refractivity contribution >= 4 is 29.6 Å². The van der Waals surface area contributed by atoms with E-state index in [-0.39, 0.29) is 18.4 Å². The Morgan fingerprint density at radius 2 is 1.72 bits per heavy atom. The average molecular weight is 349 g/mol. The fraction of sp³-hybridized carbons (Fsp3) is 0.353. The third-order valence-electron chi connectivity index (χ3n) is 3.19. The minimum absolute atomic E-state index is 0.0308. The van der Waals surface area contributed by atoms with E-state index in [1.54, 1.807) is 25.1 Å². The topological polar surface area (TPSA) is 127 Å². The van der Waals surface area contributed by atoms with Crippen LogP contribution in [0.25, 0.3) is 0 Å². The predicted octanol–water partition coefficient (Wildman–Crippen LogP) is 1.09. The number of aliphatic carboxylic acids is 1. The summed E-state index contributed by atoms with van der Waals surface area (Å²) in [6, 6.07) is 6.66. The lowest BCUT2D eigenvalue weighted by atomic mass is 10.1. The minimum Gasteiger partial charge on any atom is -0.480 e. The Balaban J connectivity index is 2.54. The van der Waals surface area contributed by atoms with E-state index in [2.05, 4.69) is 10.1 Å². The summed E-state index contributed by atoms with van der Waals surface area (Å²) in [5.74, 6) is -5.02. The van der Waals surface area contributed by atoms with E-state index < -0.39 is 42.1 Å². The van der Waals surface area contributed by atoms with E-state index in [0.29, 0.717) is 6.42 Å². The van der Waals surface area contributed by atoms with Crippen LogP contribution in [-0.4, -0.2) is 40.7 Å². The smallest absolute Gasteiger partial charge is 0.382 e. The zero-order valence-corrected chi connectivity index (χ0v) is 13.7. The normalized spacial score (nSPS) is 11.2. The van der Waals surface area contributed by atoms with Gasteiger partial charge in [0.1, 0.15) is 6.04 Å². The van der Waals surface area contributed by atoms with Crippen molar-refractivity contribution in [2.75, 3.05) is 0 Å². The van der Waals surface area contributed by atoms with Gasteiger partial charge in [0.15, 0.2) is 0 Å². The van der Waals surface area contributed by atoms with Crippen LogP contribution in [0.15, 0.2) is 30.3 Å². The molecule has 0 spiro atoms. The van der Waals surface area contributed by atoms with Crippen molar-refractivity contribution in [3.05, 3.63) is 35.9 Å². The van der Waals surface area contributed by atoms with E-state index in [9.17, 15) is 24.0 Å². The van der Waals surface area contributed by atoms with Gasteiger partial charge in [-0.25, -0.2) is 9.59 Å². The van der Waals surface area contributed by atoms with Crippen LogP contribution in [0.2, 0.25) is 0 Å². The number of carbonyl (C=O) groups excluding carboxylic acids is 4. The molecule has 1 rings (SSSR count). The molecule has 0 radical (unpaired) electrons. The monoisotopic (exact) mass is 349 g/mol. The molecule has 0 saturated heterocycles. The molecule has 1 atom stereocenters. The summed E-state index contributed by atoms with van der Waals surface area (Å²) < 4.78 is 4.35. The second-order valence-electron chi connectivity index (χ2n) is 5.20. The van der Waals surface area contributed by atoms with Gasteiger partial charge >= 0.3 is 17.9 Å². The highest BCUT2D eigenvalue weighted by Gasteiger charge is 2.24. The molecular weight excluding hydrogens is 330 g/mol. The summed E-state index contributed by atoms with van der Waals surface area (Å²) in [7, 11) is 0. The molecule has 25 heavy (non-hydrogen) atoms. The summed E-state index contributed by atoms with van der Waals surface area (Å²) in [6.45, 7) is 1.69. The number of carbonyl (C=O) groups is 5. The molecule has 8 nitrogen and oxygen atoms in total. The van der Waals surface area contributed by atoms with E-state index >= 15 is 0 Å². The van der Waals surface area contributed by atoms with Crippen LogP contribution in [0.5, 0.6) is 0 Å². The van der Waals surface area contributed by atoms with Crippen LogP contribution >= 0.6 is 0 Å². The van der Waals surface area contributed by atoms with Crippen molar-refractivity contribution in [3.63, 3.8) is 0 Å². The first-order chi connectivity index (χ1) is 11.8. The number of amides is 1. The van der Waals surface area contributed by atoms with Crippen LogP contribution in [0, 0.1) is 0 Å². The van der Waals surface area contributed by atoms with Gasteiger partial charge in [-0.15, -0.1) is 0 Å². The zero-order chi connectivity index (χ0) is 18.8. The molecule has 0 fully saturated rings. The summed E-state index contributed by atoms with van der Waals surface area (Å²) in [6.07, 6.45) is -0.301. The van der Waals surface area contributed by atoms with Crippen LogP contribution in [-0.2, 0) is 23.9 Å². The number of hydrogen-bond donors (Lipinski definition) is 2. The van der Waals surface area contributed by atoms with Crippen LogP contribution < -0.4 is 5.32 Å². The van der Waals surface area contributed by atoms with E-state index in [0.717, 1.165) is 0 Å². The maximum Gasteiger partial charge on any atom is 0.382 e. The SMILES string of the molecule is CCCC(=O)C(=O)OC(=O)CC[C@H](NC(=O)c1ccccc1)C(=O)O. The van der Waals surface area contributed by atoms with Crippen LogP contribution in [0.3, 0.4) is 0 Å². The molecule has 0 heterocycles. The molecule has 2 N–H and O–H groups in total. The first-order valence-electron chi connectivity index (χ1n) is 7.71. The number of carboxylic acids is 1. The van der Waals surface area contributed by atoms with E-state index in [1.165, 1.54) is 12.1 Å². The maximum absolute atomic E-state index is 12.0. The minimum atomic E-state index is -1.33. The number of Topliss-reactive ketones (excluding diaryl/α,β-unsaturated/α-hetero) is 1. The number of hydrogen-bond acceptors (Lipinski definition) is 6. The molecule has 1 amide bonds. The van der Waals surface area contributed by atoms with Gasteiger partial charge in [-0.05, 0) is 25.0 Å². The zero-order valence-electron chi connectivity index (χ0n) is 13.7. The fourth-order valence-corrected chi connectivity index (χ4v) is 1.89. The van der Waals surface area contributed by atoms with Crippen molar-refractivity contribution in [3.8, 4) is 0 Å². The number of ketones is 1. The first-order valence-corrected chi connectivity index (χ1v) is 7.71. The molecule has 0 unspecified atom stereocenters. The third-order valence-corrected chi connectivity index (χ3v) is 3.19. The number of benzene rings is 1. The summed E-state index contributed by atoms with van der Waals surface area (Å²) in [5.41, 5.74) is 0.275. The molecule has 134 valence electrons. The number of ether oxygens (including phenoxy) is 1. The Kier molecular flexibility index (Phi) is 7.98. The standard InChI is InChI=1S/C17H19NO7/c1-2-6-13(19)17(24)25-14(20)10-9-12(16(22)23)18-15(21)11-7-4-3-5-8-11/h3-5,7-8,12H,2,6,9-10H2,1H3,(H,18,21)(H,22,23)/t12-/m0/s1. The van der Waals surface area contributed by atoms with Gasteiger partial charge in [0, 0.05) is 18.4 Å². The summed E-state index contributed by atoms with van der Waals surface area (Å²) in [5, 5.41) is 11.4. The molecule has 0 saturated carbocycles. The molecule has 0 aromatic heterocycles. The van der Waals surface area contributed by atoms with E-state index in [4.69, 9.17) is 5.11 Å². The molecule has 1 aromatic rings. The average Bonchev–Trinajstić information content (AvgIpc) is 2.58. The van der Waals surface area contributed by atoms with Gasteiger partial charge in [-0.3, -0.25) is 14.4 Å². The Bertz CT molecular complexity index is 654. The van der Waals surface area contributed by atoms with Crippen molar-refractivity contribution in [1.29, 1.82) is 0 Å². The van der Waals surface area contributed by atoms with Gasteiger partial charge in [0.2, 0.25) is 5.78 Å². The predicted molar refractivity (Wildman–Crippen MR) is 85.6 cm³/mol. The second-order valence-corrected chi connectivity index (χ2v) is 5.20. The molecule has 0 bridgehead atoms. The molecule has 8 heteroatoms. The molecule has 1 aromatic carbocycles. The Morgan fingerprint density at radius 3 is 2.28 bits per heavy atom. The number of rotatable bonds is 9. The Labute approximate surface area is 144 Å². The van der Waals surface area contributed by atoms with Crippen molar-refractivity contribution in [2.24, 2.45) is 0 Å². The second kappa shape index (κ2) is 9.96. The fourth-order valence-electron chi connectivity index (χ4n) is 1.89. The van der Waals surface area contributed by atoms with Crippen LogP contribution in [0.4, 0.5) is 0 Å². The lowest BCUT2D eigenvalue weighted by Crippen LogP contribution is -2.41. The van der Waals surface area contributed by atoms with Gasteiger partial charge in [-0.2, -0.15) is 0 Å². The number of carboxylic acid groups (broad SMARTS) is 1. The maximum atomic E-state index is 12.0. The van der Waals surface area contributed by atoms with Gasteiger partial charge < -0.3 is 15.2 Å². The lowest BCUT2D eigenvalue weighted by Gasteiger charge is -2.14. The highest BCUT2D eigenvalue weighted by molar-refractivity contribution is 6.35. The summed E-state index contributed by atoms with van der Waals surface area (Å²) >= 11 is 0. The van der Waals surface area contributed by atoms with Gasteiger partial charge in [-0.1, -0.05) is 25.1 Å². The van der Waals surface area contributed by atoms with Crippen molar-refractivity contribution in [1.82, 2.24) is 5.32 Å². The van der Waals surface area contributed by atoms with Crippen molar-refractivity contribution < 1.29 is 33.8 Å². The van der Waals surface area contributed by atoms with Crippen LogP contribution in [0.1, 0.15) is 43.0 Å². The highest BCUT2D eigenvalue weighted by Crippen LogP contribution is 2.05. The van der Waals surface area contributed by atoms with Gasteiger partial charge in [0.25, 0.3) is 5.91 Å². The Hall–Kier alpha value is -3.03. The van der Waals surface area contributed by atoms with E-state index in [1.807, 2.05) is 0 Å². The molecule has 0 aliphatic heterocycles. The quantitative estimate of drug-likeness (QED) is 0.388. The largest absolute Gasteiger partial charge is 0.480 e. The van der Waals surface area contributed by atoms with Crippen molar-refractivity contribution in [2.45, 2.75) is 38.6 Å². The number of esters is 2. The molecular formula is C17H19NO7. The molecule has 0 aliphatic rings. The number of nitrogens with one attached hydrogen (secondary N) is 1. The Morgan fingerprint density at radius 1 is 1.08 bits per heavy atom.